The molecule has 1 rings (SSSR count). The van der Waals surface area contributed by atoms with Crippen LogP contribution in [0.1, 0.15) is 32.3 Å². The second kappa shape index (κ2) is 10.7. The Labute approximate surface area is 143 Å². The zero-order valence-electron chi connectivity index (χ0n) is 14.1. The van der Waals surface area contributed by atoms with Gasteiger partial charge in [-0.15, -0.1) is 6.42 Å². The van der Waals surface area contributed by atoms with Crippen molar-refractivity contribution in [3.05, 3.63) is 29.3 Å². The molecule has 0 spiro atoms. The first-order chi connectivity index (χ1) is 11.7. The maximum atomic E-state index is 12.0. The van der Waals surface area contributed by atoms with Crippen molar-refractivity contribution >= 4 is 12.0 Å². The van der Waals surface area contributed by atoms with Crippen LogP contribution in [0, 0.1) is 23.7 Å². The maximum absolute atomic E-state index is 12.0. The van der Waals surface area contributed by atoms with Crippen molar-refractivity contribution in [3.8, 4) is 29.9 Å². The number of benzene rings is 1. The maximum Gasteiger partial charge on any atom is 0.261 e. The molecule has 1 N–H and O–H groups in total. The monoisotopic (exact) mass is 326 g/mol. The normalized spacial score (nSPS) is 10.4. The summed E-state index contributed by atoms with van der Waals surface area (Å²) >= 11 is 0. The Bertz CT molecular complexity index is 666. The molecule has 5 nitrogen and oxygen atoms in total. The van der Waals surface area contributed by atoms with Crippen molar-refractivity contribution in [1.29, 1.82) is 5.26 Å². The van der Waals surface area contributed by atoms with Gasteiger partial charge >= 0.3 is 0 Å². The molecule has 24 heavy (non-hydrogen) atoms. The Balaban J connectivity index is 2.98. The lowest BCUT2D eigenvalue weighted by Gasteiger charge is -2.11. The molecule has 0 unspecified atom stereocenters. The minimum Gasteiger partial charge on any atom is -0.490 e. The van der Waals surface area contributed by atoms with Gasteiger partial charge in [0.15, 0.2) is 11.5 Å². The van der Waals surface area contributed by atoms with Gasteiger partial charge in [-0.3, -0.25) is 4.79 Å². The quantitative estimate of drug-likeness (QED) is 0.328. The van der Waals surface area contributed by atoms with Gasteiger partial charge in [0.2, 0.25) is 0 Å². The summed E-state index contributed by atoms with van der Waals surface area (Å²) in [6.07, 6.45) is 8.56. The summed E-state index contributed by atoms with van der Waals surface area (Å²) in [5.74, 6) is 3.06. The van der Waals surface area contributed by atoms with Crippen LogP contribution in [0.5, 0.6) is 11.5 Å². The first-order valence-corrected chi connectivity index (χ1v) is 7.89. The van der Waals surface area contributed by atoms with Crippen LogP contribution in [0.2, 0.25) is 0 Å². The number of nitrogens with zero attached hydrogens (tertiary/aromatic N) is 1. The van der Waals surface area contributed by atoms with E-state index in [0.29, 0.717) is 30.2 Å². The topological polar surface area (TPSA) is 71.3 Å². The molecule has 0 aromatic heterocycles. The van der Waals surface area contributed by atoms with E-state index in [4.69, 9.17) is 15.9 Å². The van der Waals surface area contributed by atoms with Crippen molar-refractivity contribution in [2.24, 2.45) is 0 Å². The number of hydrogen-bond donors (Lipinski definition) is 1. The number of hydrogen-bond acceptors (Lipinski definition) is 4. The van der Waals surface area contributed by atoms with E-state index < -0.39 is 0 Å². The highest BCUT2D eigenvalue weighted by atomic mass is 16.5. The first kappa shape index (κ1) is 19.1. The van der Waals surface area contributed by atoms with Gasteiger partial charge in [-0.05, 0) is 37.1 Å². The molecule has 1 aromatic rings. The predicted octanol–water partition coefficient (Wildman–Crippen LogP) is 2.92. The van der Waals surface area contributed by atoms with E-state index in [1.54, 1.807) is 18.2 Å². The van der Waals surface area contributed by atoms with Crippen molar-refractivity contribution in [2.45, 2.75) is 26.7 Å². The van der Waals surface area contributed by atoms with E-state index in [1.807, 2.05) is 19.9 Å². The number of carbonyl (C=O) groups is 1. The van der Waals surface area contributed by atoms with Gasteiger partial charge in [0.05, 0.1) is 6.61 Å². The largest absolute Gasteiger partial charge is 0.490 e. The highest BCUT2D eigenvalue weighted by Gasteiger charge is 2.10. The standard InChI is InChI=1S/C19H22N2O3/c1-4-7-10-21-19(22)16(14-20)12-15-8-9-17(24-11-5-2)18(13-15)23-6-3/h2,8-9,12-13H,4,6-7,10-11H2,1,3H3,(H,21,22)/b16-12+. The zero-order chi connectivity index (χ0) is 17.8. The Kier molecular flexibility index (Phi) is 8.57. The fraction of sp³-hybridized carbons (Fsp3) is 0.368. The fourth-order valence-electron chi connectivity index (χ4n) is 1.91. The lowest BCUT2D eigenvalue weighted by molar-refractivity contribution is -0.117. The fourth-order valence-corrected chi connectivity index (χ4v) is 1.91. The second-order valence-electron chi connectivity index (χ2n) is 4.91. The van der Waals surface area contributed by atoms with E-state index in [-0.39, 0.29) is 18.1 Å². The summed E-state index contributed by atoms with van der Waals surface area (Å²) in [6, 6.07) is 7.09. The molecule has 0 aliphatic rings. The number of terminal acetylenes is 1. The van der Waals surface area contributed by atoms with Gasteiger partial charge in [-0.25, -0.2) is 0 Å². The molecule has 0 heterocycles. The van der Waals surface area contributed by atoms with Crippen LogP contribution < -0.4 is 14.8 Å². The molecular formula is C19H22N2O3. The molecule has 1 amide bonds. The third-order valence-electron chi connectivity index (χ3n) is 3.07. The number of nitriles is 1. The van der Waals surface area contributed by atoms with Crippen LogP contribution in [0.3, 0.4) is 0 Å². The Hall–Kier alpha value is -2.92. The average molecular weight is 326 g/mol. The molecule has 126 valence electrons. The summed E-state index contributed by atoms with van der Waals surface area (Å²) in [4.78, 5) is 12.0. The van der Waals surface area contributed by atoms with Crippen LogP contribution in [0.15, 0.2) is 23.8 Å². The Morgan fingerprint density at radius 1 is 1.33 bits per heavy atom. The molecule has 5 heteroatoms. The van der Waals surface area contributed by atoms with Gasteiger partial charge in [-0.2, -0.15) is 5.26 Å². The van der Waals surface area contributed by atoms with Gasteiger partial charge in [-0.1, -0.05) is 25.3 Å². The molecule has 0 saturated heterocycles. The SMILES string of the molecule is C#CCOc1ccc(/C=C(\C#N)C(=O)NCCCC)cc1OCC. The highest BCUT2D eigenvalue weighted by Crippen LogP contribution is 2.29. The van der Waals surface area contributed by atoms with E-state index >= 15 is 0 Å². The third-order valence-corrected chi connectivity index (χ3v) is 3.07. The van der Waals surface area contributed by atoms with E-state index in [1.165, 1.54) is 6.08 Å². The molecular weight excluding hydrogens is 304 g/mol. The summed E-state index contributed by atoms with van der Waals surface area (Å²) in [6.45, 7) is 5.04. The molecule has 0 aliphatic carbocycles. The van der Waals surface area contributed by atoms with Gasteiger partial charge in [0, 0.05) is 6.54 Å². The van der Waals surface area contributed by atoms with Crippen LogP contribution in [-0.4, -0.2) is 25.7 Å². The lowest BCUT2D eigenvalue weighted by atomic mass is 10.1. The summed E-state index contributed by atoms with van der Waals surface area (Å²) in [5, 5.41) is 11.9. The van der Waals surface area contributed by atoms with Crippen molar-refractivity contribution in [2.75, 3.05) is 19.8 Å². The number of rotatable bonds is 9. The zero-order valence-corrected chi connectivity index (χ0v) is 14.1. The van der Waals surface area contributed by atoms with E-state index in [9.17, 15) is 10.1 Å². The minimum absolute atomic E-state index is 0.0471. The van der Waals surface area contributed by atoms with Gasteiger partial charge in [0.1, 0.15) is 18.2 Å². The number of carbonyl (C=O) groups excluding carboxylic acids is 1. The van der Waals surface area contributed by atoms with Crippen LogP contribution >= 0.6 is 0 Å². The number of amides is 1. The molecule has 0 fully saturated rings. The molecule has 0 saturated carbocycles. The highest BCUT2D eigenvalue weighted by molar-refractivity contribution is 6.01. The lowest BCUT2D eigenvalue weighted by Crippen LogP contribution is -2.25. The summed E-state index contributed by atoms with van der Waals surface area (Å²) in [7, 11) is 0. The van der Waals surface area contributed by atoms with Crippen molar-refractivity contribution in [1.82, 2.24) is 5.32 Å². The number of nitrogens with one attached hydrogen (secondary N) is 1. The molecule has 0 aliphatic heterocycles. The summed E-state index contributed by atoms with van der Waals surface area (Å²) < 4.78 is 10.9. The second-order valence-corrected chi connectivity index (χ2v) is 4.91. The average Bonchev–Trinajstić information content (AvgIpc) is 2.59. The van der Waals surface area contributed by atoms with Gasteiger partial charge in [0.25, 0.3) is 5.91 Å². The number of ether oxygens (including phenoxy) is 2. The Morgan fingerprint density at radius 2 is 2.12 bits per heavy atom. The van der Waals surface area contributed by atoms with Crippen LogP contribution in [0.4, 0.5) is 0 Å². The molecule has 0 radical (unpaired) electrons. The van der Waals surface area contributed by atoms with E-state index in [0.717, 1.165) is 12.8 Å². The van der Waals surface area contributed by atoms with E-state index in [2.05, 4.69) is 11.2 Å². The minimum atomic E-state index is -0.378. The van der Waals surface area contributed by atoms with Crippen LogP contribution in [0.25, 0.3) is 6.08 Å². The van der Waals surface area contributed by atoms with Gasteiger partial charge < -0.3 is 14.8 Å². The molecule has 0 atom stereocenters. The van der Waals surface area contributed by atoms with Crippen molar-refractivity contribution in [3.63, 3.8) is 0 Å². The van der Waals surface area contributed by atoms with Crippen molar-refractivity contribution < 1.29 is 14.3 Å². The number of unbranched alkanes of at least 4 members (excludes halogenated alkanes) is 1. The van der Waals surface area contributed by atoms with Crippen LogP contribution in [-0.2, 0) is 4.79 Å². The smallest absolute Gasteiger partial charge is 0.261 e. The third kappa shape index (κ3) is 6.06. The molecule has 1 aromatic carbocycles. The molecule has 0 bridgehead atoms. The Morgan fingerprint density at radius 3 is 2.75 bits per heavy atom. The summed E-state index contributed by atoms with van der Waals surface area (Å²) in [5.41, 5.74) is 0.722. The predicted molar refractivity (Wildman–Crippen MR) is 93.4 cm³/mol. The first-order valence-electron chi connectivity index (χ1n) is 7.89.